The number of carboxylic acids is 1. The van der Waals surface area contributed by atoms with E-state index in [1.54, 1.807) is 33.1 Å². The zero-order chi connectivity index (χ0) is 16.9. The molecule has 0 radical (unpaired) electrons. The molecule has 2 N–H and O–H groups in total. The first-order valence-electron chi connectivity index (χ1n) is 6.93. The van der Waals surface area contributed by atoms with Gasteiger partial charge >= 0.3 is 5.97 Å². The molecule has 6 nitrogen and oxygen atoms in total. The Balaban J connectivity index is 2.94. The molecule has 1 amide bonds. The standard InChI is InChI=1S/C16H23NO5/c1-10-6-12(15(20)17-16(3,4)9-21-5)7-11(2)14(10)22-8-13(18)19/h6-7H,8-9H2,1-5H3,(H,17,20)(H,18,19). The van der Waals surface area contributed by atoms with Crippen molar-refractivity contribution < 1.29 is 24.2 Å². The van der Waals surface area contributed by atoms with Gasteiger partial charge in [0.15, 0.2) is 6.61 Å². The molecule has 0 atom stereocenters. The molecule has 0 aromatic heterocycles. The number of hydrogen-bond acceptors (Lipinski definition) is 4. The maximum atomic E-state index is 12.3. The van der Waals surface area contributed by atoms with Crippen LogP contribution in [0.1, 0.15) is 35.3 Å². The van der Waals surface area contributed by atoms with Crippen LogP contribution in [0.2, 0.25) is 0 Å². The number of aliphatic carboxylic acids is 1. The second-order valence-corrected chi connectivity index (χ2v) is 5.89. The van der Waals surface area contributed by atoms with Gasteiger partial charge in [0, 0.05) is 12.7 Å². The predicted octanol–water partition coefficient (Wildman–Crippen LogP) is 1.92. The highest BCUT2D eigenvalue weighted by Gasteiger charge is 2.22. The third-order valence-corrected chi connectivity index (χ3v) is 3.02. The molecule has 0 aliphatic carbocycles. The number of amides is 1. The van der Waals surface area contributed by atoms with Gasteiger partial charge in [-0.1, -0.05) is 0 Å². The fraction of sp³-hybridized carbons (Fsp3) is 0.500. The summed E-state index contributed by atoms with van der Waals surface area (Å²) in [6, 6.07) is 3.37. The lowest BCUT2D eigenvalue weighted by Crippen LogP contribution is -2.46. The molecule has 0 aliphatic rings. The molecule has 22 heavy (non-hydrogen) atoms. The van der Waals surface area contributed by atoms with Gasteiger partial charge in [-0.2, -0.15) is 0 Å². The number of rotatable bonds is 7. The Morgan fingerprint density at radius 2 is 1.77 bits per heavy atom. The van der Waals surface area contributed by atoms with Crippen molar-refractivity contribution in [2.45, 2.75) is 33.2 Å². The zero-order valence-electron chi connectivity index (χ0n) is 13.6. The summed E-state index contributed by atoms with van der Waals surface area (Å²) in [5.74, 6) is -0.755. The molecule has 1 aromatic rings. The number of aryl methyl sites for hydroxylation is 2. The Morgan fingerprint density at radius 1 is 1.23 bits per heavy atom. The topological polar surface area (TPSA) is 84.9 Å². The number of carboxylic acid groups (broad SMARTS) is 1. The van der Waals surface area contributed by atoms with E-state index in [2.05, 4.69) is 5.32 Å². The van der Waals surface area contributed by atoms with Crippen LogP contribution in [0.4, 0.5) is 0 Å². The number of carbonyl (C=O) groups is 2. The van der Waals surface area contributed by atoms with E-state index < -0.39 is 18.1 Å². The van der Waals surface area contributed by atoms with Crippen molar-refractivity contribution in [1.29, 1.82) is 0 Å². The number of nitrogens with one attached hydrogen (secondary N) is 1. The summed E-state index contributed by atoms with van der Waals surface area (Å²) in [4.78, 5) is 22.9. The second-order valence-electron chi connectivity index (χ2n) is 5.89. The fourth-order valence-electron chi connectivity index (χ4n) is 2.22. The van der Waals surface area contributed by atoms with E-state index in [-0.39, 0.29) is 5.91 Å². The number of carbonyl (C=O) groups excluding carboxylic acids is 1. The molecule has 1 aromatic carbocycles. The molecule has 0 saturated heterocycles. The van der Waals surface area contributed by atoms with Gasteiger partial charge < -0.3 is 19.9 Å². The van der Waals surface area contributed by atoms with Crippen LogP contribution in [0, 0.1) is 13.8 Å². The lowest BCUT2D eigenvalue weighted by molar-refractivity contribution is -0.139. The summed E-state index contributed by atoms with van der Waals surface area (Å²) in [5, 5.41) is 11.6. The molecule has 0 aliphatic heterocycles. The zero-order valence-corrected chi connectivity index (χ0v) is 13.6. The van der Waals surface area contributed by atoms with Gasteiger partial charge in [0.1, 0.15) is 5.75 Å². The quantitative estimate of drug-likeness (QED) is 0.804. The van der Waals surface area contributed by atoms with Crippen molar-refractivity contribution in [3.8, 4) is 5.75 Å². The van der Waals surface area contributed by atoms with E-state index in [0.29, 0.717) is 17.9 Å². The SMILES string of the molecule is COCC(C)(C)NC(=O)c1cc(C)c(OCC(=O)O)c(C)c1. The minimum Gasteiger partial charge on any atom is -0.481 e. The summed E-state index contributed by atoms with van der Waals surface area (Å²) in [6.45, 7) is 7.30. The van der Waals surface area contributed by atoms with Crippen molar-refractivity contribution in [1.82, 2.24) is 5.32 Å². The van der Waals surface area contributed by atoms with Crippen LogP contribution in [0.3, 0.4) is 0 Å². The minimum absolute atomic E-state index is 0.210. The normalized spacial score (nSPS) is 11.1. The van der Waals surface area contributed by atoms with E-state index in [1.165, 1.54) is 0 Å². The Labute approximate surface area is 130 Å². The molecule has 0 fully saturated rings. The minimum atomic E-state index is -1.04. The summed E-state index contributed by atoms with van der Waals surface area (Å²) in [7, 11) is 1.58. The lowest BCUT2D eigenvalue weighted by atomic mass is 10.0. The third kappa shape index (κ3) is 5.04. The monoisotopic (exact) mass is 309 g/mol. The van der Waals surface area contributed by atoms with Crippen molar-refractivity contribution in [3.05, 3.63) is 28.8 Å². The summed E-state index contributed by atoms with van der Waals surface area (Å²) < 4.78 is 10.3. The molecule has 0 heterocycles. The molecule has 0 saturated carbocycles. The van der Waals surface area contributed by atoms with E-state index >= 15 is 0 Å². The Morgan fingerprint density at radius 3 is 2.23 bits per heavy atom. The highest BCUT2D eigenvalue weighted by atomic mass is 16.5. The molecule has 0 unspecified atom stereocenters. The van der Waals surface area contributed by atoms with Crippen LogP contribution in [0.25, 0.3) is 0 Å². The third-order valence-electron chi connectivity index (χ3n) is 3.02. The molecule has 122 valence electrons. The summed E-state index contributed by atoms with van der Waals surface area (Å²) in [6.07, 6.45) is 0. The lowest BCUT2D eigenvalue weighted by Gasteiger charge is -2.25. The maximum Gasteiger partial charge on any atom is 0.341 e. The first-order chi connectivity index (χ1) is 10.2. The van der Waals surface area contributed by atoms with Gasteiger partial charge in [-0.05, 0) is 51.0 Å². The van der Waals surface area contributed by atoms with Gasteiger partial charge in [-0.25, -0.2) is 4.79 Å². The summed E-state index contributed by atoms with van der Waals surface area (Å²) in [5.41, 5.74) is 1.46. The fourth-order valence-corrected chi connectivity index (χ4v) is 2.22. The van der Waals surface area contributed by atoms with Gasteiger partial charge in [0.2, 0.25) is 0 Å². The van der Waals surface area contributed by atoms with Crippen LogP contribution in [-0.4, -0.2) is 42.8 Å². The molecular weight excluding hydrogens is 286 g/mol. The van der Waals surface area contributed by atoms with Crippen LogP contribution < -0.4 is 10.1 Å². The Kier molecular flexibility index (Phi) is 5.93. The number of hydrogen-bond donors (Lipinski definition) is 2. The van der Waals surface area contributed by atoms with Crippen molar-refractivity contribution in [2.75, 3.05) is 20.3 Å². The van der Waals surface area contributed by atoms with Crippen molar-refractivity contribution >= 4 is 11.9 Å². The second kappa shape index (κ2) is 7.26. The molecule has 1 rings (SSSR count). The average Bonchev–Trinajstić information content (AvgIpc) is 2.36. The Hall–Kier alpha value is -2.08. The average molecular weight is 309 g/mol. The number of benzene rings is 1. The van der Waals surface area contributed by atoms with Crippen LogP contribution in [0.5, 0.6) is 5.75 Å². The van der Waals surface area contributed by atoms with E-state index in [1.807, 2.05) is 13.8 Å². The molecular formula is C16H23NO5. The van der Waals surface area contributed by atoms with Gasteiger partial charge in [0.25, 0.3) is 5.91 Å². The van der Waals surface area contributed by atoms with Crippen LogP contribution in [0.15, 0.2) is 12.1 Å². The van der Waals surface area contributed by atoms with E-state index in [4.69, 9.17) is 14.6 Å². The van der Waals surface area contributed by atoms with Crippen LogP contribution >= 0.6 is 0 Å². The highest BCUT2D eigenvalue weighted by Crippen LogP contribution is 2.25. The molecule has 0 spiro atoms. The highest BCUT2D eigenvalue weighted by molar-refractivity contribution is 5.95. The van der Waals surface area contributed by atoms with Crippen LogP contribution in [-0.2, 0) is 9.53 Å². The van der Waals surface area contributed by atoms with Gasteiger partial charge in [0.05, 0.1) is 12.1 Å². The van der Waals surface area contributed by atoms with Crippen molar-refractivity contribution in [3.63, 3.8) is 0 Å². The maximum absolute atomic E-state index is 12.3. The summed E-state index contributed by atoms with van der Waals surface area (Å²) >= 11 is 0. The predicted molar refractivity (Wildman–Crippen MR) is 82.5 cm³/mol. The number of ether oxygens (including phenoxy) is 2. The van der Waals surface area contributed by atoms with Gasteiger partial charge in [-0.15, -0.1) is 0 Å². The smallest absolute Gasteiger partial charge is 0.341 e. The van der Waals surface area contributed by atoms with Gasteiger partial charge in [-0.3, -0.25) is 4.79 Å². The Bertz CT molecular complexity index is 543. The largest absolute Gasteiger partial charge is 0.481 e. The first-order valence-corrected chi connectivity index (χ1v) is 6.93. The van der Waals surface area contributed by atoms with Crippen molar-refractivity contribution in [2.24, 2.45) is 0 Å². The number of methoxy groups -OCH3 is 1. The first kappa shape index (κ1) is 18.0. The van der Waals surface area contributed by atoms with E-state index in [0.717, 1.165) is 11.1 Å². The molecule has 0 bridgehead atoms. The van der Waals surface area contributed by atoms with E-state index in [9.17, 15) is 9.59 Å². The molecule has 6 heteroatoms.